The summed E-state index contributed by atoms with van der Waals surface area (Å²) in [7, 11) is 0. The van der Waals surface area contributed by atoms with E-state index in [1.807, 2.05) is 18.5 Å². The summed E-state index contributed by atoms with van der Waals surface area (Å²) < 4.78 is 2.20. The fraction of sp³-hybridized carbons (Fsp3) is 0.450. The number of aromatic nitrogens is 3. The SMILES string of the molecule is CCNC(=NCc1nc(C(C)C)cs1)NCCCn1cnc2ccccc21. The molecule has 7 heteroatoms. The number of fused-ring (bicyclic) bond motifs is 1. The van der Waals surface area contributed by atoms with Gasteiger partial charge in [0, 0.05) is 25.0 Å². The molecule has 3 rings (SSSR count). The van der Waals surface area contributed by atoms with Crippen molar-refractivity contribution in [1.29, 1.82) is 0 Å². The number of hydrogen-bond donors (Lipinski definition) is 2. The summed E-state index contributed by atoms with van der Waals surface area (Å²) in [6.07, 6.45) is 2.91. The quantitative estimate of drug-likeness (QED) is 0.352. The van der Waals surface area contributed by atoms with Crippen molar-refractivity contribution in [3.8, 4) is 0 Å². The van der Waals surface area contributed by atoms with Crippen molar-refractivity contribution in [2.24, 2.45) is 4.99 Å². The van der Waals surface area contributed by atoms with E-state index in [0.29, 0.717) is 12.5 Å². The minimum atomic E-state index is 0.463. The first kappa shape index (κ1) is 19.4. The van der Waals surface area contributed by atoms with Crippen LogP contribution in [-0.2, 0) is 13.1 Å². The molecule has 2 N–H and O–H groups in total. The normalized spacial score (nSPS) is 12.1. The number of nitrogens with zero attached hydrogens (tertiary/aromatic N) is 4. The van der Waals surface area contributed by atoms with Crippen LogP contribution in [0.4, 0.5) is 0 Å². The van der Waals surface area contributed by atoms with Gasteiger partial charge in [0.2, 0.25) is 0 Å². The smallest absolute Gasteiger partial charge is 0.191 e. The number of aliphatic imine (C=N–C) groups is 1. The zero-order valence-electron chi connectivity index (χ0n) is 16.3. The van der Waals surface area contributed by atoms with Gasteiger partial charge in [-0.05, 0) is 31.4 Å². The summed E-state index contributed by atoms with van der Waals surface area (Å²) in [5.74, 6) is 1.30. The van der Waals surface area contributed by atoms with Crippen LogP contribution in [0.1, 0.15) is 43.8 Å². The molecule has 0 bridgehead atoms. The molecule has 3 aromatic rings. The number of aryl methyl sites for hydroxylation is 1. The summed E-state index contributed by atoms with van der Waals surface area (Å²) in [6, 6.07) is 8.23. The maximum Gasteiger partial charge on any atom is 0.191 e. The molecule has 0 atom stereocenters. The van der Waals surface area contributed by atoms with Crippen LogP contribution in [0.15, 0.2) is 41.0 Å². The fourth-order valence-corrected chi connectivity index (χ4v) is 3.67. The number of benzene rings is 1. The first-order valence-corrected chi connectivity index (χ1v) is 10.4. The van der Waals surface area contributed by atoms with Crippen molar-refractivity contribution in [2.45, 2.75) is 46.2 Å². The van der Waals surface area contributed by atoms with E-state index in [1.165, 1.54) is 5.52 Å². The number of imidazole rings is 1. The topological polar surface area (TPSA) is 67.1 Å². The molecular weight excluding hydrogens is 356 g/mol. The Kier molecular flexibility index (Phi) is 6.81. The molecule has 144 valence electrons. The standard InChI is InChI=1S/C20H28N6S/c1-4-21-20(23-12-19-25-17(13-27-19)15(2)3)22-10-7-11-26-14-24-16-8-5-6-9-18(16)26/h5-6,8-9,13-15H,4,7,10-12H2,1-3H3,(H2,21,22,23). The van der Waals surface area contributed by atoms with Crippen molar-refractivity contribution in [3.63, 3.8) is 0 Å². The molecule has 27 heavy (non-hydrogen) atoms. The minimum Gasteiger partial charge on any atom is -0.357 e. The molecule has 0 radical (unpaired) electrons. The van der Waals surface area contributed by atoms with Gasteiger partial charge in [-0.1, -0.05) is 26.0 Å². The van der Waals surface area contributed by atoms with Crippen molar-refractivity contribution in [2.75, 3.05) is 13.1 Å². The van der Waals surface area contributed by atoms with Gasteiger partial charge in [0.1, 0.15) is 5.01 Å². The highest BCUT2D eigenvalue weighted by atomic mass is 32.1. The second-order valence-electron chi connectivity index (χ2n) is 6.72. The van der Waals surface area contributed by atoms with Gasteiger partial charge in [0.15, 0.2) is 5.96 Å². The van der Waals surface area contributed by atoms with E-state index in [4.69, 9.17) is 0 Å². The monoisotopic (exact) mass is 384 g/mol. The Bertz CT molecular complexity index is 879. The van der Waals surface area contributed by atoms with E-state index in [0.717, 1.165) is 48.2 Å². The number of hydrogen-bond acceptors (Lipinski definition) is 4. The summed E-state index contributed by atoms with van der Waals surface area (Å²) in [6.45, 7) is 9.64. The zero-order chi connectivity index (χ0) is 19.1. The van der Waals surface area contributed by atoms with Crippen LogP contribution >= 0.6 is 11.3 Å². The number of guanidine groups is 1. The Morgan fingerprint density at radius 3 is 2.89 bits per heavy atom. The van der Waals surface area contributed by atoms with E-state index in [-0.39, 0.29) is 0 Å². The van der Waals surface area contributed by atoms with Crippen molar-refractivity contribution in [3.05, 3.63) is 46.7 Å². The predicted molar refractivity (Wildman–Crippen MR) is 113 cm³/mol. The Morgan fingerprint density at radius 2 is 2.11 bits per heavy atom. The molecule has 0 aliphatic heterocycles. The molecule has 0 fully saturated rings. The second kappa shape index (κ2) is 9.50. The van der Waals surface area contributed by atoms with Crippen molar-refractivity contribution >= 4 is 28.3 Å². The second-order valence-corrected chi connectivity index (χ2v) is 7.67. The molecule has 0 unspecified atom stereocenters. The van der Waals surface area contributed by atoms with Crippen LogP contribution in [0.3, 0.4) is 0 Å². The van der Waals surface area contributed by atoms with Gasteiger partial charge in [-0.3, -0.25) is 0 Å². The lowest BCUT2D eigenvalue weighted by Crippen LogP contribution is -2.38. The molecule has 0 amide bonds. The van der Waals surface area contributed by atoms with Crippen LogP contribution < -0.4 is 10.6 Å². The molecule has 1 aromatic carbocycles. The van der Waals surface area contributed by atoms with Gasteiger partial charge in [0.05, 0.1) is 29.6 Å². The molecule has 0 saturated heterocycles. The van der Waals surface area contributed by atoms with Gasteiger partial charge < -0.3 is 15.2 Å². The molecule has 6 nitrogen and oxygen atoms in total. The Morgan fingerprint density at radius 1 is 1.26 bits per heavy atom. The third kappa shape index (κ3) is 5.29. The van der Waals surface area contributed by atoms with Crippen molar-refractivity contribution < 1.29 is 0 Å². The summed E-state index contributed by atoms with van der Waals surface area (Å²) >= 11 is 1.68. The van der Waals surface area contributed by atoms with Gasteiger partial charge in [-0.2, -0.15) is 0 Å². The van der Waals surface area contributed by atoms with E-state index < -0.39 is 0 Å². The first-order valence-electron chi connectivity index (χ1n) is 9.53. The van der Waals surface area contributed by atoms with Crippen LogP contribution in [-0.4, -0.2) is 33.6 Å². The van der Waals surface area contributed by atoms with Crippen LogP contribution in [0.5, 0.6) is 0 Å². The van der Waals surface area contributed by atoms with Gasteiger partial charge in [0.25, 0.3) is 0 Å². The zero-order valence-corrected chi connectivity index (χ0v) is 17.1. The van der Waals surface area contributed by atoms with E-state index in [9.17, 15) is 0 Å². The Labute approximate surface area is 164 Å². The summed E-state index contributed by atoms with van der Waals surface area (Å²) in [5.41, 5.74) is 3.38. The third-order valence-corrected chi connectivity index (χ3v) is 5.13. The van der Waals surface area contributed by atoms with E-state index >= 15 is 0 Å². The summed E-state index contributed by atoms with van der Waals surface area (Å²) in [5, 5.41) is 9.90. The molecule has 0 aliphatic carbocycles. The average molecular weight is 385 g/mol. The van der Waals surface area contributed by atoms with Crippen LogP contribution in [0.2, 0.25) is 0 Å². The molecule has 0 spiro atoms. The third-order valence-electron chi connectivity index (χ3n) is 4.27. The molecular formula is C20H28N6S. The lowest BCUT2D eigenvalue weighted by Gasteiger charge is -2.11. The highest BCUT2D eigenvalue weighted by Gasteiger charge is 2.06. The average Bonchev–Trinajstić information content (AvgIpc) is 3.30. The fourth-order valence-electron chi connectivity index (χ4n) is 2.80. The summed E-state index contributed by atoms with van der Waals surface area (Å²) in [4.78, 5) is 13.8. The van der Waals surface area contributed by atoms with Gasteiger partial charge in [-0.25, -0.2) is 15.0 Å². The largest absolute Gasteiger partial charge is 0.357 e. The van der Waals surface area contributed by atoms with Gasteiger partial charge in [-0.15, -0.1) is 11.3 Å². The maximum absolute atomic E-state index is 4.66. The van der Waals surface area contributed by atoms with Gasteiger partial charge >= 0.3 is 0 Å². The number of rotatable bonds is 8. The maximum atomic E-state index is 4.66. The van der Waals surface area contributed by atoms with Crippen LogP contribution in [0, 0.1) is 0 Å². The molecule has 0 saturated carbocycles. The van der Waals surface area contributed by atoms with E-state index in [1.54, 1.807) is 11.3 Å². The Balaban J connectivity index is 1.50. The van der Waals surface area contributed by atoms with Crippen LogP contribution in [0.25, 0.3) is 11.0 Å². The highest BCUT2D eigenvalue weighted by Crippen LogP contribution is 2.18. The Hall–Kier alpha value is -2.41. The molecule has 0 aliphatic rings. The number of thiazole rings is 1. The first-order chi connectivity index (χ1) is 13.2. The van der Waals surface area contributed by atoms with Crippen molar-refractivity contribution in [1.82, 2.24) is 25.2 Å². The lowest BCUT2D eigenvalue weighted by molar-refractivity contribution is 0.637. The lowest BCUT2D eigenvalue weighted by atomic mass is 10.2. The highest BCUT2D eigenvalue weighted by molar-refractivity contribution is 7.09. The minimum absolute atomic E-state index is 0.463. The predicted octanol–water partition coefficient (Wildman–Crippen LogP) is 3.76. The van der Waals surface area contributed by atoms with E-state index in [2.05, 4.69) is 68.4 Å². The molecule has 2 heterocycles. The molecule has 2 aromatic heterocycles. The number of para-hydroxylation sites is 2. The number of nitrogens with one attached hydrogen (secondary N) is 2.